The summed E-state index contributed by atoms with van der Waals surface area (Å²) in [6.07, 6.45) is 10.6. The highest BCUT2D eigenvalue weighted by Gasteiger charge is 2.50. The van der Waals surface area contributed by atoms with Crippen molar-refractivity contribution in [3.8, 4) is 0 Å². The zero-order valence-electron chi connectivity index (χ0n) is 15.4. The molecule has 1 N–H and O–H groups in total. The first-order chi connectivity index (χ1) is 11.0. The first-order valence-corrected chi connectivity index (χ1v) is 9.58. The lowest BCUT2D eigenvalue weighted by atomic mass is 9.50. The topological polar surface area (TPSA) is 29.5 Å². The van der Waals surface area contributed by atoms with E-state index in [-0.39, 0.29) is 5.41 Å². The average molecular weight is 319 g/mol. The van der Waals surface area contributed by atoms with Gasteiger partial charge in [0.15, 0.2) is 0 Å². The van der Waals surface area contributed by atoms with Crippen LogP contribution in [0.1, 0.15) is 65.7 Å². The molecular weight excluding hydrogens is 284 g/mol. The second-order valence-corrected chi connectivity index (χ2v) is 8.50. The molecule has 1 saturated carbocycles. The molecule has 3 rings (SSSR count). The molecule has 0 aromatic carbocycles. The minimum atomic E-state index is 0.131. The van der Waals surface area contributed by atoms with Gasteiger partial charge < -0.3 is 9.84 Å². The summed E-state index contributed by atoms with van der Waals surface area (Å²) in [4.78, 5) is 0. The van der Waals surface area contributed by atoms with Crippen LogP contribution in [-0.4, -0.2) is 18.8 Å². The second-order valence-electron chi connectivity index (χ2n) is 8.50. The Balaban J connectivity index is 1.91. The number of ether oxygens (including phenoxy) is 1. The van der Waals surface area contributed by atoms with Crippen molar-refractivity contribution < 1.29 is 9.84 Å². The van der Waals surface area contributed by atoms with Gasteiger partial charge in [0.1, 0.15) is 0 Å². The van der Waals surface area contributed by atoms with E-state index < -0.39 is 0 Å². The van der Waals surface area contributed by atoms with E-state index in [9.17, 15) is 5.11 Å². The van der Waals surface area contributed by atoms with Gasteiger partial charge in [-0.25, -0.2) is 0 Å². The quantitative estimate of drug-likeness (QED) is 0.732. The Hall–Kier alpha value is -0.760. The van der Waals surface area contributed by atoms with Gasteiger partial charge in [-0.05, 0) is 67.3 Å². The molecule has 1 fully saturated rings. The maximum atomic E-state index is 10.1. The molecule has 5 atom stereocenters. The largest absolute Gasteiger partial charge is 0.501 e. The Bertz CT molecular complexity index is 504. The number of aliphatic hydroxyl groups excluding tert-OH is 1. The normalized spacial score (nSPS) is 40.3. The number of allylic oxidation sites excluding steroid dienone is 3. The molecule has 2 nitrogen and oxygen atoms in total. The Morgan fingerprint density at radius 1 is 1.39 bits per heavy atom. The van der Waals surface area contributed by atoms with E-state index in [0.717, 1.165) is 36.4 Å². The third-order valence-corrected chi connectivity index (χ3v) is 7.14. The average Bonchev–Trinajstić information content (AvgIpc) is 2.56. The van der Waals surface area contributed by atoms with Crippen molar-refractivity contribution in [2.45, 2.75) is 65.7 Å². The summed E-state index contributed by atoms with van der Waals surface area (Å²) in [5.74, 6) is 4.08. The van der Waals surface area contributed by atoms with Crippen molar-refractivity contribution in [2.75, 3.05) is 13.7 Å². The van der Waals surface area contributed by atoms with Gasteiger partial charge in [0.25, 0.3) is 0 Å². The van der Waals surface area contributed by atoms with Crippen molar-refractivity contribution in [1.82, 2.24) is 0 Å². The van der Waals surface area contributed by atoms with Crippen LogP contribution in [0.4, 0.5) is 0 Å². The van der Waals surface area contributed by atoms with E-state index in [0.29, 0.717) is 12.5 Å². The van der Waals surface area contributed by atoms with Gasteiger partial charge in [-0.3, -0.25) is 0 Å². The van der Waals surface area contributed by atoms with Gasteiger partial charge in [-0.15, -0.1) is 0 Å². The van der Waals surface area contributed by atoms with Crippen LogP contribution in [0.15, 0.2) is 23.0 Å². The van der Waals surface area contributed by atoms with Crippen LogP contribution in [0.2, 0.25) is 0 Å². The molecular formula is C21H34O2. The fraction of sp³-hybridized carbons (Fsp3) is 0.810. The fourth-order valence-electron chi connectivity index (χ4n) is 5.92. The van der Waals surface area contributed by atoms with Gasteiger partial charge in [-0.1, -0.05) is 38.3 Å². The van der Waals surface area contributed by atoms with Crippen LogP contribution in [-0.2, 0) is 4.74 Å². The summed E-state index contributed by atoms with van der Waals surface area (Å²) in [6.45, 7) is 7.45. The molecule has 0 aliphatic heterocycles. The van der Waals surface area contributed by atoms with Gasteiger partial charge in [0, 0.05) is 13.0 Å². The van der Waals surface area contributed by atoms with Crippen molar-refractivity contribution in [2.24, 2.45) is 29.1 Å². The van der Waals surface area contributed by atoms with Gasteiger partial charge in [-0.2, -0.15) is 0 Å². The SMILES string of the molecule is CCCC1C2C(CC[C@]1(C)CO)C1=C(CC(OC)=CC1)C[C@H]2C. The van der Waals surface area contributed by atoms with Crippen LogP contribution < -0.4 is 0 Å². The fourth-order valence-corrected chi connectivity index (χ4v) is 5.92. The number of hydrogen-bond acceptors (Lipinski definition) is 2. The van der Waals surface area contributed by atoms with Crippen molar-refractivity contribution in [1.29, 1.82) is 0 Å². The van der Waals surface area contributed by atoms with Crippen molar-refractivity contribution in [3.05, 3.63) is 23.0 Å². The van der Waals surface area contributed by atoms with Crippen LogP contribution in [0.5, 0.6) is 0 Å². The first-order valence-electron chi connectivity index (χ1n) is 9.58. The highest BCUT2D eigenvalue weighted by molar-refractivity contribution is 5.33. The van der Waals surface area contributed by atoms with Gasteiger partial charge in [0.2, 0.25) is 0 Å². The summed E-state index contributed by atoms with van der Waals surface area (Å²) < 4.78 is 5.52. The molecule has 0 heterocycles. The van der Waals surface area contributed by atoms with Gasteiger partial charge >= 0.3 is 0 Å². The summed E-state index contributed by atoms with van der Waals surface area (Å²) in [5.41, 5.74) is 3.53. The summed E-state index contributed by atoms with van der Waals surface area (Å²) in [5, 5.41) is 10.1. The molecule has 0 bridgehead atoms. The first kappa shape index (κ1) is 17.1. The number of methoxy groups -OCH3 is 1. The number of rotatable bonds is 4. The summed E-state index contributed by atoms with van der Waals surface area (Å²) in [6, 6.07) is 0. The lowest BCUT2D eigenvalue weighted by Crippen LogP contribution is -2.48. The standard InChI is InChI=1S/C21H34O2/c1-5-6-19-20-14(2)11-15-12-16(23-4)7-8-17(15)18(20)9-10-21(19,3)13-22/h7,14,18-20,22H,5-6,8-13H2,1-4H3/t14-,18?,19?,20?,21-/m1/s1. The Morgan fingerprint density at radius 3 is 2.83 bits per heavy atom. The van der Waals surface area contributed by atoms with E-state index >= 15 is 0 Å². The van der Waals surface area contributed by atoms with Crippen molar-refractivity contribution in [3.63, 3.8) is 0 Å². The molecule has 23 heavy (non-hydrogen) atoms. The minimum absolute atomic E-state index is 0.131. The molecule has 0 radical (unpaired) electrons. The highest BCUT2D eigenvalue weighted by atomic mass is 16.5. The molecule has 2 heteroatoms. The predicted molar refractivity (Wildman–Crippen MR) is 94.9 cm³/mol. The van der Waals surface area contributed by atoms with E-state index in [1.807, 2.05) is 0 Å². The molecule has 3 aliphatic rings. The zero-order valence-corrected chi connectivity index (χ0v) is 15.4. The predicted octanol–water partition coefficient (Wildman–Crippen LogP) is 5.09. The molecule has 0 saturated heterocycles. The van der Waals surface area contributed by atoms with Crippen LogP contribution in [0, 0.1) is 29.1 Å². The van der Waals surface area contributed by atoms with E-state index in [1.54, 1.807) is 18.3 Å². The number of aliphatic hydroxyl groups is 1. The van der Waals surface area contributed by atoms with Crippen LogP contribution in [0.3, 0.4) is 0 Å². The van der Waals surface area contributed by atoms with Crippen LogP contribution in [0.25, 0.3) is 0 Å². The maximum Gasteiger partial charge on any atom is 0.0959 e. The van der Waals surface area contributed by atoms with E-state index in [4.69, 9.17) is 4.74 Å². The third kappa shape index (κ3) is 2.88. The van der Waals surface area contributed by atoms with Gasteiger partial charge in [0.05, 0.1) is 12.9 Å². The Morgan fingerprint density at radius 2 is 2.17 bits per heavy atom. The van der Waals surface area contributed by atoms with Crippen molar-refractivity contribution >= 4 is 0 Å². The highest BCUT2D eigenvalue weighted by Crippen LogP contribution is 2.58. The number of fused-ring (bicyclic) bond motifs is 2. The van der Waals surface area contributed by atoms with E-state index in [2.05, 4.69) is 26.8 Å². The lowest BCUT2D eigenvalue weighted by Gasteiger charge is -2.55. The Labute approximate surface area is 142 Å². The molecule has 0 aromatic rings. The lowest BCUT2D eigenvalue weighted by molar-refractivity contribution is -0.0460. The monoisotopic (exact) mass is 318 g/mol. The smallest absolute Gasteiger partial charge is 0.0959 e. The Kier molecular flexibility index (Phi) is 4.92. The number of hydrogen-bond donors (Lipinski definition) is 1. The van der Waals surface area contributed by atoms with E-state index in [1.165, 1.54) is 32.1 Å². The molecule has 0 spiro atoms. The maximum absolute atomic E-state index is 10.1. The molecule has 0 aromatic heterocycles. The second kappa shape index (κ2) is 6.63. The minimum Gasteiger partial charge on any atom is -0.501 e. The molecule has 3 aliphatic carbocycles. The third-order valence-electron chi connectivity index (χ3n) is 7.14. The summed E-state index contributed by atoms with van der Waals surface area (Å²) in [7, 11) is 1.80. The van der Waals surface area contributed by atoms with Crippen LogP contribution >= 0.6 is 0 Å². The molecule has 3 unspecified atom stereocenters. The summed E-state index contributed by atoms with van der Waals surface area (Å²) >= 11 is 0. The molecule has 0 amide bonds. The molecule has 130 valence electrons. The zero-order chi connectivity index (χ0) is 16.6.